The van der Waals surface area contributed by atoms with Gasteiger partial charge in [0.25, 0.3) is 0 Å². The summed E-state index contributed by atoms with van der Waals surface area (Å²) in [6.07, 6.45) is 0.273. The van der Waals surface area contributed by atoms with Crippen molar-refractivity contribution < 1.29 is 9.90 Å². The molecule has 2 rings (SSSR count). The van der Waals surface area contributed by atoms with Crippen molar-refractivity contribution in [3.05, 3.63) is 35.9 Å². The molecule has 1 aromatic carbocycles. The van der Waals surface area contributed by atoms with E-state index in [0.29, 0.717) is 19.0 Å². The van der Waals surface area contributed by atoms with Crippen molar-refractivity contribution in [1.82, 2.24) is 15.1 Å². The predicted octanol–water partition coefficient (Wildman–Crippen LogP) is 1.33. The van der Waals surface area contributed by atoms with Crippen molar-refractivity contribution in [1.29, 1.82) is 0 Å². The van der Waals surface area contributed by atoms with Gasteiger partial charge in [-0.3, -0.25) is 14.6 Å². The Balaban J connectivity index is 1.63. The summed E-state index contributed by atoms with van der Waals surface area (Å²) in [6.45, 7) is 9.68. The second-order valence-electron chi connectivity index (χ2n) is 7.13. The molecule has 1 fully saturated rings. The lowest BCUT2D eigenvalue weighted by atomic mass is 10.1. The standard InChI is InChI=1S/C19H31N3O2/c1-16(2)12-18(23)13-20-19(24)15-22-10-8-21(9-11-22)14-17-6-4-3-5-7-17/h3-7,16,18,23H,8-15H2,1-2H3,(H,20,24). The number of amides is 1. The molecule has 1 unspecified atom stereocenters. The van der Waals surface area contributed by atoms with Crippen LogP contribution < -0.4 is 5.32 Å². The van der Waals surface area contributed by atoms with Crippen LogP contribution in [-0.4, -0.2) is 66.2 Å². The Kier molecular flexibility index (Phi) is 7.69. The fraction of sp³-hybridized carbons (Fsp3) is 0.632. The number of hydrogen-bond acceptors (Lipinski definition) is 4. The number of hydrogen-bond donors (Lipinski definition) is 2. The van der Waals surface area contributed by atoms with E-state index in [-0.39, 0.29) is 5.91 Å². The third-order valence-corrected chi connectivity index (χ3v) is 4.36. The second kappa shape index (κ2) is 9.77. The normalized spacial score (nSPS) is 17.8. The van der Waals surface area contributed by atoms with Crippen molar-refractivity contribution in [2.75, 3.05) is 39.3 Å². The van der Waals surface area contributed by atoms with E-state index in [1.807, 2.05) is 6.07 Å². The van der Waals surface area contributed by atoms with Crippen molar-refractivity contribution >= 4 is 5.91 Å². The van der Waals surface area contributed by atoms with Gasteiger partial charge in [0.2, 0.25) is 5.91 Å². The van der Waals surface area contributed by atoms with Crippen LogP contribution in [0.1, 0.15) is 25.8 Å². The molecule has 2 N–H and O–H groups in total. The maximum absolute atomic E-state index is 12.0. The zero-order valence-corrected chi connectivity index (χ0v) is 14.9. The molecule has 0 spiro atoms. The molecule has 0 saturated carbocycles. The summed E-state index contributed by atoms with van der Waals surface area (Å²) >= 11 is 0. The van der Waals surface area contributed by atoms with Crippen LogP contribution in [0.3, 0.4) is 0 Å². The van der Waals surface area contributed by atoms with Gasteiger partial charge in [0.15, 0.2) is 0 Å². The molecule has 134 valence electrons. The van der Waals surface area contributed by atoms with Crippen molar-refractivity contribution in [3.8, 4) is 0 Å². The van der Waals surface area contributed by atoms with Crippen LogP contribution >= 0.6 is 0 Å². The third kappa shape index (κ3) is 6.99. The summed E-state index contributed by atoms with van der Waals surface area (Å²) in [4.78, 5) is 16.6. The molecule has 1 heterocycles. The Morgan fingerprint density at radius 3 is 2.38 bits per heavy atom. The van der Waals surface area contributed by atoms with Gasteiger partial charge < -0.3 is 10.4 Å². The van der Waals surface area contributed by atoms with E-state index in [4.69, 9.17) is 0 Å². The largest absolute Gasteiger partial charge is 0.391 e. The van der Waals surface area contributed by atoms with Crippen molar-refractivity contribution in [3.63, 3.8) is 0 Å². The Bertz CT molecular complexity index is 485. The first-order valence-electron chi connectivity index (χ1n) is 8.96. The van der Waals surface area contributed by atoms with Crippen LogP contribution in [0.25, 0.3) is 0 Å². The van der Waals surface area contributed by atoms with Crippen LogP contribution in [0, 0.1) is 5.92 Å². The number of aliphatic hydroxyl groups excluding tert-OH is 1. The van der Waals surface area contributed by atoms with Crippen LogP contribution in [0.2, 0.25) is 0 Å². The fourth-order valence-electron chi connectivity index (χ4n) is 3.07. The quantitative estimate of drug-likeness (QED) is 0.754. The van der Waals surface area contributed by atoms with E-state index in [1.54, 1.807) is 0 Å². The van der Waals surface area contributed by atoms with Gasteiger partial charge in [0.05, 0.1) is 12.6 Å². The number of aliphatic hydroxyl groups is 1. The summed E-state index contributed by atoms with van der Waals surface area (Å²) in [7, 11) is 0. The van der Waals surface area contributed by atoms with Gasteiger partial charge in [-0.2, -0.15) is 0 Å². The molecule has 5 nitrogen and oxygen atoms in total. The summed E-state index contributed by atoms with van der Waals surface area (Å²) < 4.78 is 0. The second-order valence-corrected chi connectivity index (χ2v) is 7.13. The number of nitrogens with one attached hydrogen (secondary N) is 1. The van der Waals surface area contributed by atoms with Crippen LogP contribution in [0.4, 0.5) is 0 Å². The number of carbonyl (C=O) groups excluding carboxylic acids is 1. The molecule has 0 bridgehead atoms. The topological polar surface area (TPSA) is 55.8 Å². The zero-order chi connectivity index (χ0) is 17.4. The zero-order valence-electron chi connectivity index (χ0n) is 14.9. The van der Waals surface area contributed by atoms with Gasteiger partial charge in [-0.05, 0) is 17.9 Å². The number of benzene rings is 1. The SMILES string of the molecule is CC(C)CC(O)CNC(=O)CN1CCN(Cc2ccccc2)CC1. The molecular weight excluding hydrogens is 302 g/mol. The highest BCUT2D eigenvalue weighted by Crippen LogP contribution is 2.08. The minimum atomic E-state index is -0.448. The highest BCUT2D eigenvalue weighted by Gasteiger charge is 2.19. The van der Waals surface area contributed by atoms with Crippen LogP contribution in [0.5, 0.6) is 0 Å². The van der Waals surface area contributed by atoms with E-state index in [9.17, 15) is 9.90 Å². The van der Waals surface area contributed by atoms with Gasteiger partial charge in [-0.1, -0.05) is 44.2 Å². The molecule has 0 aromatic heterocycles. The first kappa shape index (κ1) is 18.9. The smallest absolute Gasteiger partial charge is 0.234 e. The first-order valence-corrected chi connectivity index (χ1v) is 8.96. The molecule has 1 saturated heterocycles. The molecular formula is C19H31N3O2. The highest BCUT2D eigenvalue weighted by molar-refractivity contribution is 5.78. The Hall–Kier alpha value is -1.43. The summed E-state index contributed by atoms with van der Waals surface area (Å²) in [6, 6.07) is 10.5. The molecule has 24 heavy (non-hydrogen) atoms. The average molecular weight is 333 g/mol. The maximum atomic E-state index is 12.0. The predicted molar refractivity (Wildman–Crippen MR) is 96.6 cm³/mol. The minimum absolute atomic E-state index is 0.00863. The lowest BCUT2D eigenvalue weighted by Gasteiger charge is -2.34. The monoisotopic (exact) mass is 333 g/mol. The molecule has 1 atom stereocenters. The lowest BCUT2D eigenvalue weighted by Crippen LogP contribution is -2.49. The number of nitrogens with zero attached hydrogens (tertiary/aromatic N) is 2. The highest BCUT2D eigenvalue weighted by atomic mass is 16.3. The molecule has 0 radical (unpaired) electrons. The van der Waals surface area contributed by atoms with Crippen LogP contribution in [-0.2, 0) is 11.3 Å². The van der Waals surface area contributed by atoms with E-state index < -0.39 is 6.10 Å². The summed E-state index contributed by atoms with van der Waals surface area (Å²) in [5.74, 6) is 0.448. The molecule has 1 aromatic rings. The van der Waals surface area contributed by atoms with E-state index in [2.05, 4.69) is 53.2 Å². The molecule has 1 amide bonds. The maximum Gasteiger partial charge on any atom is 0.234 e. The third-order valence-electron chi connectivity index (χ3n) is 4.36. The van der Waals surface area contributed by atoms with Crippen LogP contribution in [0.15, 0.2) is 30.3 Å². The number of piperazine rings is 1. The minimum Gasteiger partial charge on any atom is -0.391 e. The Morgan fingerprint density at radius 1 is 1.12 bits per heavy atom. The Morgan fingerprint density at radius 2 is 1.75 bits per heavy atom. The van der Waals surface area contributed by atoms with Crippen molar-refractivity contribution in [2.24, 2.45) is 5.92 Å². The molecule has 0 aliphatic carbocycles. The van der Waals surface area contributed by atoms with Gasteiger partial charge in [0.1, 0.15) is 0 Å². The van der Waals surface area contributed by atoms with Gasteiger partial charge in [-0.15, -0.1) is 0 Å². The lowest BCUT2D eigenvalue weighted by molar-refractivity contribution is -0.123. The van der Waals surface area contributed by atoms with E-state index in [1.165, 1.54) is 5.56 Å². The summed E-state index contributed by atoms with van der Waals surface area (Å²) in [5.41, 5.74) is 1.34. The average Bonchev–Trinajstić information content (AvgIpc) is 2.55. The summed E-state index contributed by atoms with van der Waals surface area (Å²) in [5, 5.41) is 12.7. The Labute approximate surface area is 145 Å². The van der Waals surface area contributed by atoms with Gasteiger partial charge in [-0.25, -0.2) is 0 Å². The fourth-order valence-corrected chi connectivity index (χ4v) is 3.07. The van der Waals surface area contributed by atoms with Gasteiger partial charge >= 0.3 is 0 Å². The van der Waals surface area contributed by atoms with Crippen molar-refractivity contribution in [2.45, 2.75) is 32.9 Å². The van der Waals surface area contributed by atoms with Gasteiger partial charge in [0, 0.05) is 39.3 Å². The molecule has 1 aliphatic heterocycles. The number of carbonyl (C=O) groups is 1. The first-order chi connectivity index (χ1) is 11.5. The number of rotatable bonds is 8. The van der Waals surface area contributed by atoms with E-state index in [0.717, 1.165) is 39.1 Å². The molecule has 5 heteroatoms. The molecule has 1 aliphatic rings. The van der Waals surface area contributed by atoms with E-state index >= 15 is 0 Å².